The van der Waals surface area contributed by atoms with Crippen LogP contribution in [0.1, 0.15) is 35.4 Å². The summed E-state index contributed by atoms with van der Waals surface area (Å²) < 4.78 is 20.6. The summed E-state index contributed by atoms with van der Waals surface area (Å²) in [5.74, 6) is 2.26. The number of nitrogens with zero attached hydrogens (tertiary/aromatic N) is 3. The number of hydrogen-bond acceptors (Lipinski definition) is 6. The largest absolute Gasteiger partial charge is 0.492 e. The second-order valence-electron chi connectivity index (χ2n) is 8.04. The van der Waals surface area contributed by atoms with E-state index in [9.17, 15) is 9.47 Å². The quantitative estimate of drug-likeness (QED) is 0.432. The molecule has 1 fully saturated rings. The molecule has 1 atom stereocenters. The van der Waals surface area contributed by atoms with Crippen LogP contribution in [0.2, 0.25) is 0 Å². The monoisotopic (exact) mass is 480 g/mol. The predicted octanol–water partition coefficient (Wildman–Crippen LogP) is 2.32. The molecule has 4 rings (SSSR count). The highest BCUT2D eigenvalue weighted by Crippen LogP contribution is 2.31. The summed E-state index contributed by atoms with van der Waals surface area (Å²) in [4.78, 5) is 9.10. The summed E-state index contributed by atoms with van der Waals surface area (Å²) in [6, 6.07) is 17.5. The molecule has 0 amide bonds. The van der Waals surface area contributed by atoms with Gasteiger partial charge < -0.3 is 15.3 Å². The second-order valence-corrected chi connectivity index (χ2v) is 9.31. The van der Waals surface area contributed by atoms with E-state index < -0.39 is 11.0 Å². The van der Waals surface area contributed by atoms with Crippen LogP contribution in [-0.2, 0) is 23.2 Å². The molecule has 2 aromatic carbocycles. The molecule has 1 aliphatic carbocycles. The summed E-state index contributed by atoms with van der Waals surface area (Å²) >= 11 is 0. The lowest BCUT2D eigenvalue weighted by Crippen LogP contribution is -2.22. The lowest BCUT2D eigenvalue weighted by atomic mass is 10.1. The first kappa shape index (κ1) is 25.5. The van der Waals surface area contributed by atoms with Crippen molar-refractivity contribution in [2.75, 3.05) is 19.8 Å². The van der Waals surface area contributed by atoms with E-state index in [0.717, 1.165) is 22.4 Å². The molecule has 178 valence electrons. The van der Waals surface area contributed by atoms with Crippen LogP contribution < -0.4 is 9.46 Å². The summed E-state index contributed by atoms with van der Waals surface area (Å²) in [7, 11) is -1.24. The SMILES string of the molecule is N#Cc1cc(-c2ccnc(Cc3cccc(CS(=O)NCCO)c3)n2)ccc1OCC1CC1.O. The van der Waals surface area contributed by atoms with Crippen molar-refractivity contribution in [3.05, 3.63) is 77.2 Å². The van der Waals surface area contributed by atoms with Crippen LogP contribution in [0.3, 0.4) is 0 Å². The normalized spacial score (nSPS) is 13.5. The van der Waals surface area contributed by atoms with Crippen LogP contribution in [0.15, 0.2) is 54.7 Å². The van der Waals surface area contributed by atoms with Crippen LogP contribution in [0.5, 0.6) is 5.75 Å². The van der Waals surface area contributed by atoms with Crippen LogP contribution in [-0.4, -0.2) is 44.5 Å². The Morgan fingerprint density at radius 1 is 1.18 bits per heavy atom. The van der Waals surface area contributed by atoms with E-state index >= 15 is 0 Å². The van der Waals surface area contributed by atoms with E-state index in [-0.39, 0.29) is 12.1 Å². The van der Waals surface area contributed by atoms with Crippen LogP contribution >= 0.6 is 0 Å². The van der Waals surface area contributed by atoms with E-state index in [2.05, 4.69) is 15.8 Å². The molecule has 1 aromatic heterocycles. The molecule has 4 N–H and O–H groups in total. The van der Waals surface area contributed by atoms with Gasteiger partial charge in [-0.05, 0) is 54.2 Å². The Morgan fingerprint density at radius 2 is 2.00 bits per heavy atom. The Kier molecular flexibility index (Phi) is 9.24. The van der Waals surface area contributed by atoms with E-state index in [1.165, 1.54) is 12.8 Å². The predicted molar refractivity (Wildman–Crippen MR) is 130 cm³/mol. The lowest BCUT2D eigenvalue weighted by molar-refractivity contribution is 0.299. The molecule has 8 nitrogen and oxygen atoms in total. The Bertz CT molecular complexity index is 1180. The fraction of sp³-hybridized carbons (Fsp3) is 0.320. The molecule has 3 aromatic rings. The zero-order valence-corrected chi connectivity index (χ0v) is 19.6. The minimum Gasteiger partial charge on any atom is -0.492 e. The summed E-state index contributed by atoms with van der Waals surface area (Å²) in [5, 5.41) is 18.4. The number of rotatable bonds is 11. The van der Waals surface area contributed by atoms with Gasteiger partial charge in [0.05, 0.1) is 41.2 Å². The van der Waals surface area contributed by atoms with Crippen LogP contribution in [0.25, 0.3) is 11.3 Å². The Balaban J connectivity index is 0.00000324. The smallest absolute Gasteiger partial charge is 0.137 e. The number of benzene rings is 2. The van der Waals surface area contributed by atoms with Crippen molar-refractivity contribution in [1.82, 2.24) is 14.7 Å². The molecular formula is C25H28N4O4S. The van der Waals surface area contributed by atoms with Gasteiger partial charge in [0.25, 0.3) is 0 Å². The molecule has 34 heavy (non-hydrogen) atoms. The van der Waals surface area contributed by atoms with Crippen molar-refractivity contribution >= 4 is 11.0 Å². The number of aliphatic hydroxyl groups is 1. The van der Waals surface area contributed by atoms with Crippen molar-refractivity contribution in [1.29, 1.82) is 5.26 Å². The average molecular weight is 481 g/mol. The average Bonchev–Trinajstić information content (AvgIpc) is 3.66. The molecule has 1 saturated carbocycles. The van der Waals surface area contributed by atoms with E-state index in [4.69, 9.17) is 14.8 Å². The van der Waals surface area contributed by atoms with Gasteiger partial charge in [-0.1, -0.05) is 24.3 Å². The molecule has 0 saturated heterocycles. The highest BCUT2D eigenvalue weighted by atomic mass is 32.2. The van der Waals surface area contributed by atoms with Crippen LogP contribution in [0, 0.1) is 17.2 Å². The Morgan fingerprint density at radius 3 is 2.76 bits per heavy atom. The molecule has 1 aliphatic rings. The van der Waals surface area contributed by atoms with Gasteiger partial charge in [0.15, 0.2) is 0 Å². The van der Waals surface area contributed by atoms with Gasteiger partial charge in [0, 0.05) is 24.7 Å². The van der Waals surface area contributed by atoms with Crippen molar-refractivity contribution < 1.29 is 19.5 Å². The molecule has 9 heteroatoms. The lowest BCUT2D eigenvalue weighted by Gasteiger charge is -2.10. The number of aliphatic hydroxyl groups excluding tert-OH is 1. The minimum absolute atomic E-state index is 0. The molecule has 0 aliphatic heterocycles. The van der Waals surface area contributed by atoms with Crippen molar-refractivity contribution in [3.8, 4) is 23.1 Å². The highest BCUT2D eigenvalue weighted by molar-refractivity contribution is 7.82. The Hall–Kier alpha value is -3.16. The minimum atomic E-state index is -1.24. The number of hydrogen-bond donors (Lipinski definition) is 2. The summed E-state index contributed by atoms with van der Waals surface area (Å²) in [6.07, 6.45) is 4.65. The number of aromatic nitrogens is 2. The molecule has 0 radical (unpaired) electrons. The van der Waals surface area contributed by atoms with Gasteiger partial charge in [0.1, 0.15) is 17.6 Å². The third-order valence-corrected chi connectivity index (χ3v) is 6.42. The fourth-order valence-corrected chi connectivity index (χ4v) is 4.32. The van der Waals surface area contributed by atoms with Crippen molar-refractivity contribution in [3.63, 3.8) is 0 Å². The van der Waals surface area contributed by atoms with Crippen molar-refractivity contribution in [2.45, 2.75) is 25.0 Å². The molecule has 1 heterocycles. The molecule has 0 spiro atoms. The van der Waals surface area contributed by atoms with Gasteiger partial charge in [-0.15, -0.1) is 0 Å². The molecule has 1 unspecified atom stereocenters. The van der Waals surface area contributed by atoms with Gasteiger partial charge in [-0.25, -0.2) is 18.9 Å². The third kappa shape index (κ3) is 7.17. The van der Waals surface area contributed by atoms with Crippen molar-refractivity contribution in [2.24, 2.45) is 5.92 Å². The van der Waals surface area contributed by atoms with E-state index in [0.29, 0.717) is 48.4 Å². The van der Waals surface area contributed by atoms with Crippen LogP contribution in [0.4, 0.5) is 0 Å². The molecule has 0 bridgehead atoms. The maximum atomic E-state index is 12.0. The van der Waals surface area contributed by atoms with Gasteiger partial charge >= 0.3 is 0 Å². The number of nitrogens with one attached hydrogen (secondary N) is 1. The van der Waals surface area contributed by atoms with E-state index in [1.54, 1.807) is 6.20 Å². The van der Waals surface area contributed by atoms with E-state index in [1.807, 2.05) is 48.5 Å². The summed E-state index contributed by atoms with van der Waals surface area (Å²) in [6.45, 7) is 0.912. The topological polar surface area (TPSA) is 140 Å². The number of nitriles is 1. The fourth-order valence-electron chi connectivity index (χ4n) is 3.41. The third-order valence-electron chi connectivity index (χ3n) is 5.30. The zero-order chi connectivity index (χ0) is 23.0. The first-order valence-corrected chi connectivity index (χ1v) is 12.3. The van der Waals surface area contributed by atoms with Gasteiger partial charge in [-0.2, -0.15) is 5.26 Å². The number of ether oxygens (including phenoxy) is 1. The van der Waals surface area contributed by atoms with Gasteiger partial charge in [0.2, 0.25) is 0 Å². The maximum absolute atomic E-state index is 12.0. The molecular weight excluding hydrogens is 452 g/mol. The highest BCUT2D eigenvalue weighted by Gasteiger charge is 2.22. The second kappa shape index (κ2) is 12.3. The first-order chi connectivity index (χ1) is 16.1. The first-order valence-electron chi connectivity index (χ1n) is 10.9. The standard InChI is InChI=1S/C25H26N4O3S.H2O/c26-15-22-14-21(6-7-24(22)32-16-18-4-5-18)23-8-9-27-25(29-23)13-19-2-1-3-20(12-19)17-33(31)28-10-11-30;/h1-3,6-9,12,14,18,28,30H,4-5,10-11,13,16-17H2;1H2. The van der Waals surface area contributed by atoms with Gasteiger partial charge in [-0.3, -0.25) is 0 Å². The Labute approximate surface area is 201 Å². The zero-order valence-electron chi connectivity index (χ0n) is 18.7. The maximum Gasteiger partial charge on any atom is 0.137 e. The summed E-state index contributed by atoms with van der Waals surface area (Å²) in [5.41, 5.74) is 4.05.